The standard InChI is InChI=1S/C14H12BrF2NO3/c1-7-10(14(19)20-2)5-9(21-7)6-18-13-11(16)3-8(15)4-12(13)17/h3-5,18H,6H2,1-2H3. The number of carbonyl (C=O) groups excluding carboxylic acids is 1. The summed E-state index contributed by atoms with van der Waals surface area (Å²) in [5.41, 5.74) is 0.0259. The van der Waals surface area contributed by atoms with Gasteiger partial charge in [0.15, 0.2) is 0 Å². The fourth-order valence-corrected chi connectivity index (χ4v) is 2.23. The number of benzene rings is 1. The average Bonchev–Trinajstić information content (AvgIpc) is 2.78. The van der Waals surface area contributed by atoms with Crippen molar-refractivity contribution < 1.29 is 22.7 Å². The maximum Gasteiger partial charge on any atom is 0.341 e. The summed E-state index contributed by atoms with van der Waals surface area (Å²) < 4.78 is 37.5. The Kier molecular flexibility index (Phi) is 4.62. The summed E-state index contributed by atoms with van der Waals surface area (Å²) in [7, 11) is 1.26. The van der Waals surface area contributed by atoms with E-state index in [-0.39, 0.29) is 17.8 Å². The van der Waals surface area contributed by atoms with Crippen molar-refractivity contribution in [1.29, 1.82) is 0 Å². The molecule has 21 heavy (non-hydrogen) atoms. The highest BCUT2D eigenvalue weighted by Gasteiger charge is 2.16. The highest BCUT2D eigenvalue weighted by molar-refractivity contribution is 9.10. The van der Waals surface area contributed by atoms with Crippen molar-refractivity contribution in [3.05, 3.63) is 51.4 Å². The van der Waals surface area contributed by atoms with E-state index < -0.39 is 17.6 Å². The third-order valence-electron chi connectivity index (χ3n) is 2.82. The zero-order valence-corrected chi connectivity index (χ0v) is 12.9. The Morgan fingerprint density at radius 3 is 2.52 bits per heavy atom. The number of anilines is 1. The van der Waals surface area contributed by atoms with Gasteiger partial charge in [-0.1, -0.05) is 15.9 Å². The first-order valence-corrected chi connectivity index (χ1v) is 6.77. The number of hydrogen-bond donors (Lipinski definition) is 1. The molecule has 0 unspecified atom stereocenters. The summed E-state index contributed by atoms with van der Waals surface area (Å²) >= 11 is 3.00. The maximum absolute atomic E-state index is 13.6. The fraction of sp³-hybridized carbons (Fsp3) is 0.214. The number of halogens is 3. The van der Waals surface area contributed by atoms with Gasteiger partial charge in [0.25, 0.3) is 0 Å². The van der Waals surface area contributed by atoms with Crippen molar-refractivity contribution in [2.75, 3.05) is 12.4 Å². The van der Waals surface area contributed by atoms with Gasteiger partial charge in [-0.15, -0.1) is 0 Å². The summed E-state index contributed by atoms with van der Waals surface area (Å²) in [5.74, 6) is -1.22. The molecule has 0 radical (unpaired) electrons. The van der Waals surface area contributed by atoms with Crippen LogP contribution in [0, 0.1) is 18.6 Å². The Balaban J connectivity index is 2.16. The van der Waals surface area contributed by atoms with Gasteiger partial charge in [-0.05, 0) is 25.1 Å². The van der Waals surface area contributed by atoms with Crippen LogP contribution in [-0.2, 0) is 11.3 Å². The van der Waals surface area contributed by atoms with Gasteiger partial charge in [-0.2, -0.15) is 0 Å². The van der Waals surface area contributed by atoms with E-state index >= 15 is 0 Å². The number of methoxy groups -OCH3 is 1. The lowest BCUT2D eigenvalue weighted by Gasteiger charge is -2.07. The molecule has 1 aromatic carbocycles. The molecule has 0 saturated heterocycles. The number of nitrogens with one attached hydrogen (secondary N) is 1. The second kappa shape index (κ2) is 6.26. The molecule has 0 fully saturated rings. The average molecular weight is 360 g/mol. The van der Waals surface area contributed by atoms with Gasteiger partial charge in [0.05, 0.1) is 13.7 Å². The fourth-order valence-electron chi connectivity index (χ4n) is 1.83. The van der Waals surface area contributed by atoms with E-state index in [2.05, 4.69) is 26.0 Å². The van der Waals surface area contributed by atoms with Gasteiger partial charge in [0, 0.05) is 4.47 Å². The van der Waals surface area contributed by atoms with Gasteiger partial charge in [-0.3, -0.25) is 0 Å². The van der Waals surface area contributed by atoms with Crippen LogP contribution in [0.15, 0.2) is 27.1 Å². The molecule has 1 N–H and O–H groups in total. The van der Waals surface area contributed by atoms with E-state index in [1.54, 1.807) is 6.92 Å². The molecule has 4 nitrogen and oxygen atoms in total. The van der Waals surface area contributed by atoms with Crippen molar-refractivity contribution in [3.63, 3.8) is 0 Å². The van der Waals surface area contributed by atoms with Crippen LogP contribution >= 0.6 is 15.9 Å². The summed E-state index contributed by atoms with van der Waals surface area (Å²) in [5, 5.41) is 2.61. The third-order valence-corrected chi connectivity index (χ3v) is 3.28. The van der Waals surface area contributed by atoms with Crippen molar-refractivity contribution in [2.45, 2.75) is 13.5 Å². The monoisotopic (exact) mass is 359 g/mol. The second-order valence-electron chi connectivity index (χ2n) is 4.27. The summed E-state index contributed by atoms with van der Waals surface area (Å²) in [6.45, 7) is 1.64. The highest BCUT2D eigenvalue weighted by atomic mass is 79.9. The lowest BCUT2D eigenvalue weighted by molar-refractivity contribution is 0.0599. The quantitative estimate of drug-likeness (QED) is 0.837. The van der Waals surface area contributed by atoms with E-state index in [0.717, 1.165) is 12.1 Å². The van der Waals surface area contributed by atoms with Crippen molar-refractivity contribution in [1.82, 2.24) is 0 Å². The van der Waals surface area contributed by atoms with Gasteiger partial charge in [0.1, 0.15) is 34.4 Å². The number of esters is 1. The molecule has 0 bridgehead atoms. The molecule has 2 aromatic rings. The Bertz CT molecular complexity index is 662. The zero-order chi connectivity index (χ0) is 15.6. The number of hydrogen-bond acceptors (Lipinski definition) is 4. The van der Waals surface area contributed by atoms with Gasteiger partial charge in [0.2, 0.25) is 0 Å². The van der Waals surface area contributed by atoms with Gasteiger partial charge >= 0.3 is 5.97 Å². The summed E-state index contributed by atoms with van der Waals surface area (Å²) in [6, 6.07) is 3.78. The number of carbonyl (C=O) groups is 1. The van der Waals surface area contributed by atoms with Crippen LogP contribution in [-0.4, -0.2) is 13.1 Å². The normalized spacial score (nSPS) is 10.5. The molecule has 2 rings (SSSR count). The first-order valence-electron chi connectivity index (χ1n) is 5.98. The Hall–Kier alpha value is -1.89. The number of rotatable bonds is 4. The SMILES string of the molecule is COC(=O)c1cc(CNc2c(F)cc(Br)cc2F)oc1C. The lowest BCUT2D eigenvalue weighted by Crippen LogP contribution is -2.03. The van der Waals surface area contributed by atoms with Crippen LogP contribution in [0.25, 0.3) is 0 Å². The van der Waals surface area contributed by atoms with E-state index in [0.29, 0.717) is 16.0 Å². The topological polar surface area (TPSA) is 51.5 Å². The molecule has 0 spiro atoms. The Labute approximate surface area is 128 Å². The molecule has 7 heteroatoms. The Morgan fingerprint density at radius 2 is 1.95 bits per heavy atom. The number of ether oxygens (including phenoxy) is 1. The van der Waals surface area contributed by atoms with Crippen molar-refractivity contribution >= 4 is 27.6 Å². The minimum atomic E-state index is -0.724. The van der Waals surface area contributed by atoms with E-state index in [1.807, 2.05) is 0 Å². The van der Waals surface area contributed by atoms with Crippen LogP contribution in [0.1, 0.15) is 21.9 Å². The lowest BCUT2D eigenvalue weighted by atomic mass is 10.2. The molecule has 0 amide bonds. The summed E-state index contributed by atoms with van der Waals surface area (Å²) in [4.78, 5) is 11.4. The van der Waals surface area contributed by atoms with Crippen LogP contribution in [0.4, 0.5) is 14.5 Å². The van der Waals surface area contributed by atoms with Crippen LogP contribution in [0.3, 0.4) is 0 Å². The number of furan rings is 1. The van der Waals surface area contributed by atoms with Gasteiger partial charge < -0.3 is 14.5 Å². The number of aryl methyl sites for hydroxylation is 1. The molecule has 112 valence electrons. The van der Waals surface area contributed by atoms with Crippen molar-refractivity contribution in [2.24, 2.45) is 0 Å². The minimum absolute atomic E-state index is 0.0350. The molecule has 1 aromatic heterocycles. The smallest absolute Gasteiger partial charge is 0.341 e. The highest BCUT2D eigenvalue weighted by Crippen LogP contribution is 2.25. The molecular formula is C14H12BrF2NO3. The maximum atomic E-state index is 13.6. The second-order valence-corrected chi connectivity index (χ2v) is 5.19. The predicted molar refractivity (Wildman–Crippen MR) is 76.2 cm³/mol. The third kappa shape index (κ3) is 3.41. The largest absolute Gasteiger partial charge is 0.465 e. The molecule has 0 atom stereocenters. The molecule has 1 heterocycles. The molecule has 0 aliphatic carbocycles. The molecular weight excluding hydrogens is 348 g/mol. The zero-order valence-electron chi connectivity index (χ0n) is 11.3. The molecule has 0 aliphatic rings. The van der Waals surface area contributed by atoms with E-state index in [9.17, 15) is 13.6 Å². The predicted octanol–water partition coefficient (Wildman–Crippen LogP) is 4.03. The molecule has 0 saturated carbocycles. The van der Waals surface area contributed by atoms with E-state index in [4.69, 9.17) is 4.42 Å². The van der Waals surface area contributed by atoms with Crippen LogP contribution in [0.2, 0.25) is 0 Å². The summed E-state index contributed by atoms with van der Waals surface area (Å²) in [6.07, 6.45) is 0. The first-order chi connectivity index (χ1) is 9.92. The van der Waals surface area contributed by atoms with Gasteiger partial charge in [-0.25, -0.2) is 13.6 Å². The molecule has 0 aliphatic heterocycles. The Morgan fingerprint density at radius 1 is 1.33 bits per heavy atom. The van der Waals surface area contributed by atoms with Crippen molar-refractivity contribution in [3.8, 4) is 0 Å². The van der Waals surface area contributed by atoms with Crippen LogP contribution in [0.5, 0.6) is 0 Å². The van der Waals surface area contributed by atoms with Crippen LogP contribution < -0.4 is 5.32 Å². The van der Waals surface area contributed by atoms with E-state index in [1.165, 1.54) is 13.2 Å². The minimum Gasteiger partial charge on any atom is -0.465 e. The first kappa shape index (κ1) is 15.5.